The van der Waals surface area contributed by atoms with Gasteiger partial charge in [0.15, 0.2) is 5.60 Å². The highest BCUT2D eigenvalue weighted by molar-refractivity contribution is 9.10. The van der Waals surface area contributed by atoms with Crippen molar-refractivity contribution in [3.63, 3.8) is 0 Å². The van der Waals surface area contributed by atoms with E-state index in [0.717, 1.165) is 4.47 Å². The quantitative estimate of drug-likeness (QED) is 0.861. The second-order valence-electron chi connectivity index (χ2n) is 3.74. The van der Waals surface area contributed by atoms with Crippen molar-refractivity contribution in [2.24, 2.45) is 0 Å². The lowest BCUT2D eigenvalue weighted by atomic mass is 9.89. The van der Waals surface area contributed by atoms with Crippen molar-refractivity contribution in [1.29, 1.82) is 0 Å². The van der Waals surface area contributed by atoms with Crippen molar-refractivity contribution < 1.29 is 19.4 Å². The summed E-state index contributed by atoms with van der Waals surface area (Å²) < 4.78 is 5.36. The summed E-state index contributed by atoms with van der Waals surface area (Å²) in [6, 6.07) is 6.51. The minimum absolute atomic E-state index is 0.291. The van der Waals surface area contributed by atoms with Gasteiger partial charge in [0.2, 0.25) is 0 Å². The number of carbonyl (C=O) groups is 2. The summed E-state index contributed by atoms with van der Waals surface area (Å²) in [5, 5.41) is 10.3. The Balaban J connectivity index is 3.18. The standard InChI is InChI=1S/C12H13BrO4/c1-8(14)7-12(16,11(15)17-2)9-3-5-10(13)6-4-9/h3-6,16H,7H2,1-2H3/t12-/m0/s1. The molecule has 0 aliphatic rings. The number of ketones is 1. The minimum atomic E-state index is -1.92. The van der Waals surface area contributed by atoms with Gasteiger partial charge in [0, 0.05) is 10.9 Å². The van der Waals surface area contributed by atoms with Crippen LogP contribution in [0.4, 0.5) is 0 Å². The van der Waals surface area contributed by atoms with Gasteiger partial charge in [0.1, 0.15) is 5.78 Å². The van der Waals surface area contributed by atoms with E-state index in [1.165, 1.54) is 14.0 Å². The molecule has 0 bridgehead atoms. The van der Waals surface area contributed by atoms with Gasteiger partial charge in [-0.15, -0.1) is 0 Å². The average Bonchev–Trinajstić information content (AvgIpc) is 2.27. The summed E-state index contributed by atoms with van der Waals surface area (Å²) in [6.45, 7) is 1.31. The predicted molar refractivity (Wildman–Crippen MR) is 65.4 cm³/mol. The Kier molecular flexibility index (Phi) is 4.42. The number of ether oxygens (including phenoxy) is 1. The fraction of sp³-hybridized carbons (Fsp3) is 0.333. The van der Waals surface area contributed by atoms with Crippen LogP contribution in [0.5, 0.6) is 0 Å². The number of rotatable bonds is 4. The fourth-order valence-electron chi connectivity index (χ4n) is 1.55. The van der Waals surface area contributed by atoms with Gasteiger partial charge in [-0.05, 0) is 24.6 Å². The summed E-state index contributed by atoms with van der Waals surface area (Å²) >= 11 is 3.25. The van der Waals surface area contributed by atoms with E-state index in [1.54, 1.807) is 24.3 Å². The monoisotopic (exact) mass is 300 g/mol. The van der Waals surface area contributed by atoms with Crippen molar-refractivity contribution in [3.8, 4) is 0 Å². The molecule has 1 N–H and O–H groups in total. The maximum atomic E-state index is 11.6. The normalized spacial score (nSPS) is 13.9. The molecule has 1 rings (SSSR count). The van der Waals surface area contributed by atoms with E-state index in [-0.39, 0.29) is 12.2 Å². The van der Waals surface area contributed by atoms with Crippen molar-refractivity contribution in [3.05, 3.63) is 34.3 Å². The molecule has 0 saturated carbocycles. The van der Waals surface area contributed by atoms with Gasteiger partial charge < -0.3 is 9.84 Å². The van der Waals surface area contributed by atoms with Crippen LogP contribution in [-0.4, -0.2) is 24.0 Å². The van der Waals surface area contributed by atoms with Gasteiger partial charge in [0.05, 0.1) is 7.11 Å². The van der Waals surface area contributed by atoms with E-state index in [2.05, 4.69) is 20.7 Å². The molecular formula is C12H13BrO4. The Morgan fingerprint density at radius 1 is 1.35 bits per heavy atom. The molecule has 0 heterocycles. The van der Waals surface area contributed by atoms with Gasteiger partial charge >= 0.3 is 5.97 Å². The van der Waals surface area contributed by atoms with Gasteiger partial charge in [0.25, 0.3) is 0 Å². The molecule has 1 atom stereocenters. The first-order chi connectivity index (χ1) is 7.90. The van der Waals surface area contributed by atoms with E-state index in [1.807, 2.05) is 0 Å². The molecule has 0 fully saturated rings. The fourth-order valence-corrected chi connectivity index (χ4v) is 1.81. The highest BCUT2D eigenvalue weighted by atomic mass is 79.9. The SMILES string of the molecule is COC(=O)[C@](O)(CC(C)=O)c1ccc(Br)cc1. The molecule has 0 aliphatic heterocycles. The number of esters is 1. The summed E-state index contributed by atoms with van der Waals surface area (Å²) in [6.07, 6.45) is -0.304. The van der Waals surface area contributed by atoms with Gasteiger partial charge in [-0.1, -0.05) is 28.1 Å². The first-order valence-electron chi connectivity index (χ1n) is 4.96. The third kappa shape index (κ3) is 3.14. The lowest BCUT2D eigenvalue weighted by molar-refractivity contribution is -0.166. The van der Waals surface area contributed by atoms with Crippen LogP contribution in [0.3, 0.4) is 0 Å². The number of methoxy groups -OCH3 is 1. The van der Waals surface area contributed by atoms with Crippen LogP contribution in [0.15, 0.2) is 28.7 Å². The summed E-state index contributed by atoms with van der Waals surface area (Å²) in [5.74, 6) is -1.13. The maximum Gasteiger partial charge on any atom is 0.343 e. The second kappa shape index (κ2) is 5.42. The zero-order valence-electron chi connectivity index (χ0n) is 9.57. The van der Waals surface area contributed by atoms with Crippen LogP contribution >= 0.6 is 15.9 Å². The summed E-state index contributed by atoms with van der Waals surface area (Å²) in [7, 11) is 1.17. The number of halogens is 1. The Bertz CT molecular complexity index is 427. The molecule has 17 heavy (non-hydrogen) atoms. The van der Waals surface area contributed by atoms with Crippen LogP contribution in [0, 0.1) is 0 Å². The van der Waals surface area contributed by atoms with Crippen LogP contribution in [0.25, 0.3) is 0 Å². The Morgan fingerprint density at radius 2 is 1.88 bits per heavy atom. The van der Waals surface area contributed by atoms with E-state index in [0.29, 0.717) is 5.56 Å². The Morgan fingerprint density at radius 3 is 2.29 bits per heavy atom. The topological polar surface area (TPSA) is 63.6 Å². The number of aliphatic hydroxyl groups is 1. The molecule has 0 radical (unpaired) electrons. The highest BCUT2D eigenvalue weighted by Gasteiger charge is 2.40. The summed E-state index contributed by atoms with van der Waals surface area (Å²) in [4.78, 5) is 22.8. The lowest BCUT2D eigenvalue weighted by Crippen LogP contribution is -2.38. The van der Waals surface area contributed by atoms with Crippen LogP contribution in [0.2, 0.25) is 0 Å². The van der Waals surface area contributed by atoms with E-state index < -0.39 is 11.6 Å². The third-order valence-electron chi connectivity index (χ3n) is 2.35. The molecule has 5 heteroatoms. The third-order valence-corrected chi connectivity index (χ3v) is 2.88. The zero-order chi connectivity index (χ0) is 13.1. The molecular weight excluding hydrogens is 288 g/mol. The molecule has 0 amide bonds. The molecule has 1 aromatic carbocycles. The number of carbonyl (C=O) groups excluding carboxylic acids is 2. The first kappa shape index (κ1) is 13.9. The van der Waals surface area contributed by atoms with Gasteiger partial charge in [-0.2, -0.15) is 0 Å². The van der Waals surface area contributed by atoms with E-state index in [4.69, 9.17) is 0 Å². The number of benzene rings is 1. The van der Waals surface area contributed by atoms with Crippen molar-refractivity contribution in [1.82, 2.24) is 0 Å². The molecule has 0 spiro atoms. The van der Waals surface area contributed by atoms with Crippen molar-refractivity contribution in [2.75, 3.05) is 7.11 Å². The molecule has 0 aliphatic carbocycles. The molecule has 92 valence electrons. The molecule has 0 aromatic heterocycles. The predicted octanol–water partition coefficient (Wildman–Crippen LogP) is 1.79. The Labute approximate surface area is 108 Å². The largest absolute Gasteiger partial charge is 0.467 e. The van der Waals surface area contributed by atoms with Gasteiger partial charge in [-0.25, -0.2) is 4.79 Å². The van der Waals surface area contributed by atoms with E-state index >= 15 is 0 Å². The van der Waals surface area contributed by atoms with Gasteiger partial charge in [-0.3, -0.25) is 4.79 Å². The van der Waals surface area contributed by atoms with E-state index in [9.17, 15) is 14.7 Å². The molecule has 1 aromatic rings. The Hall–Kier alpha value is -1.20. The molecule has 4 nitrogen and oxygen atoms in total. The average molecular weight is 301 g/mol. The molecule has 0 saturated heterocycles. The minimum Gasteiger partial charge on any atom is -0.467 e. The number of hydrogen-bond acceptors (Lipinski definition) is 4. The number of Topliss-reactive ketones (excluding diaryl/α,β-unsaturated/α-hetero) is 1. The van der Waals surface area contributed by atoms with Crippen molar-refractivity contribution >= 4 is 27.7 Å². The zero-order valence-corrected chi connectivity index (χ0v) is 11.2. The summed E-state index contributed by atoms with van der Waals surface area (Å²) in [5.41, 5.74) is -1.58. The van der Waals surface area contributed by atoms with Crippen LogP contribution < -0.4 is 0 Å². The first-order valence-corrected chi connectivity index (χ1v) is 5.75. The number of hydrogen-bond donors (Lipinski definition) is 1. The maximum absolute atomic E-state index is 11.6. The molecule has 0 unspecified atom stereocenters. The van der Waals surface area contributed by atoms with Crippen LogP contribution in [0.1, 0.15) is 18.9 Å². The van der Waals surface area contributed by atoms with Crippen molar-refractivity contribution in [2.45, 2.75) is 18.9 Å². The smallest absolute Gasteiger partial charge is 0.343 e. The lowest BCUT2D eigenvalue weighted by Gasteiger charge is -2.24. The highest BCUT2D eigenvalue weighted by Crippen LogP contribution is 2.28. The van der Waals surface area contributed by atoms with Crippen LogP contribution in [-0.2, 0) is 19.9 Å². The second-order valence-corrected chi connectivity index (χ2v) is 4.65.